The third-order valence-electron chi connectivity index (χ3n) is 9.30. The molecule has 2 heterocycles. The van der Waals surface area contributed by atoms with Gasteiger partial charge < -0.3 is 20.6 Å². The van der Waals surface area contributed by atoms with Crippen LogP contribution in [0.2, 0.25) is 0 Å². The molecule has 2 aliphatic heterocycles. The van der Waals surface area contributed by atoms with Crippen LogP contribution in [-0.2, 0) is 16.1 Å². The maximum absolute atomic E-state index is 13.7. The van der Waals surface area contributed by atoms with E-state index in [1.165, 1.54) is 0 Å². The van der Waals surface area contributed by atoms with Gasteiger partial charge in [-0.1, -0.05) is 61.9 Å². The molecular weight excluding hydrogens is 544 g/mol. The van der Waals surface area contributed by atoms with Crippen molar-refractivity contribution in [3.63, 3.8) is 0 Å². The Bertz CT molecular complexity index is 1350. The SMILES string of the molecule is CCCCN1C(=O)[C@@H]([C@H](O)C2CC=CC2)NC(=O)C12CCN(Cc1ccc(C(=O)c3ccc(C(=O)NC)cc3)cc1)CC2. The molecule has 3 aliphatic rings. The summed E-state index contributed by atoms with van der Waals surface area (Å²) in [6.07, 6.45) is 7.37. The van der Waals surface area contributed by atoms with E-state index < -0.39 is 17.7 Å². The van der Waals surface area contributed by atoms with Gasteiger partial charge in [0.05, 0.1) is 6.10 Å². The lowest BCUT2D eigenvalue weighted by Gasteiger charge is -2.52. The van der Waals surface area contributed by atoms with E-state index in [0.29, 0.717) is 55.7 Å². The molecule has 0 saturated carbocycles. The number of ketones is 1. The van der Waals surface area contributed by atoms with Crippen LogP contribution in [0.5, 0.6) is 0 Å². The van der Waals surface area contributed by atoms with E-state index in [1.54, 1.807) is 36.2 Å². The van der Waals surface area contributed by atoms with E-state index in [-0.39, 0.29) is 29.4 Å². The number of hydrogen-bond donors (Lipinski definition) is 3. The topological polar surface area (TPSA) is 119 Å². The number of unbranched alkanes of at least 4 members (excludes halogenated alkanes) is 1. The van der Waals surface area contributed by atoms with E-state index >= 15 is 0 Å². The van der Waals surface area contributed by atoms with Crippen LogP contribution in [0.4, 0.5) is 0 Å². The summed E-state index contributed by atoms with van der Waals surface area (Å²) in [4.78, 5) is 56.2. The minimum atomic E-state index is -0.898. The molecule has 1 spiro atoms. The molecule has 2 atom stereocenters. The molecule has 9 nitrogen and oxygen atoms in total. The van der Waals surface area contributed by atoms with E-state index in [2.05, 4.69) is 22.5 Å². The summed E-state index contributed by atoms with van der Waals surface area (Å²) < 4.78 is 0. The van der Waals surface area contributed by atoms with Gasteiger partial charge >= 0.3 is 0 Å². The Labute approximate surface area is 253 Å². The molecule has 1 aliphatic carbocycles. The maximum atomic E-state index is 13.7. The Balaban J connectivity index is 1.21. The van der Waals surface area contributed by atoms with Crippen molar-refractivity contribution in [2.45, 2.75) is 69.7 Å². The first-order chi connectivity index (χ1) is 20.8. The predicted octanol–water partition coefficient (Wildman–Crippen LogP) is 3.07. The second-order valence-electron chi connectivity index (χ2n) is 12.0. The van der Waals surface area contributed by atoms with Crippen LogP contribution in [0, 0.1) is 5.92 Å². The number of hydrogen-bond acceptors (Lipinski definition) is 6. The number of likely N-dealkylation sites (tertiary alicyclic amines) is 1. The zero-order valence-corrected chi connectivity index (χ0v) is 25.1. The van der Waals surface area contributed by atoms with E-state index in [9.17, 15) is 24.3 Å². The first-order valence-electron chi connectivity index (χ1n) is 15.4. The van der Waals surface area contributed by atoms with Crippen LogP contribution < -0.4 is 10.6 Å². The summed E-state index contributed by atoms with van der Waals surface area (Å²) >= 11 is 0. The number of allylic oxidation sites excluding steroid dienone is 2. The smallest absolute Gasteiger partial charge is 0.251 e. The number of amides is 3. The molecule has 0 bridgehead atoms. The molecule has 2 aromatic rings. The average Bonchev–Trinajstić information content (AvgIpc) is 3.58. The number of rotatable bonds is 10. The van der Waals surface area contributed by atoms with E-state index in [4.69, 9.17) is 0 Å². The molecule has 43 heavy (non-hydrogen) atoms. The van der Waals surface area contributed by atoms with Gasteiger partial charge in [-0.05, 0) is 55.7 Å². The number of benzene rings is 2. The molecule has 2 aromatic carbocycles. The highest BCUT2D eigenvalue weighted by atomic mass is 16.3. The lowest BCUT2D eigenvalue weighted by Crippen LogP contribution is -2.75. The Hall–Kier alpha value is -3.82. The highest BCUT2D eigenvalue weighted by Crippen LogP contribution is 2.36. The lowest BCUT2D eigenvalue weighted by molar-refractivity contribution is -0.165. The number of aliphatic hydroxyl groups is 1. The number of carbonyl (C=O) groups is 4. The molecule has 3 amide bonds. The van der Waals surface area contributed by atoms with Crippen LogP contribution in [-0.4, -0.2) is 82.8 Å². The lowest BCUT2D eigenvalue weighted by atomic mass is 9.79. The molecule has 3 N–H and O–H groups in total. The number of aliphatic hydroxyl groups excluding tert-OH is 1. The summed E-state index contributed by atoms with van der Waals surface area (Å²) in [6.45, 7) is 4.57. The van der Waals surface area contributed by atoms with Gasteiger partial charge in [0.2, 0.25) is 11.8 Å². The van der Waals surface area contributed by atoms with Crippen LogP contribution in [0.15, 0.2) is 60.7 Å². The van der Waals surface area contributed by atoms with Gasteiger partial charge in [0, 0.05) is 49.9 Å². The number of carbonyl (C=O) groups excluding carboxylic acids is 4. The van der Waals surface area contributed by atoms with Crippen LogP contribution in [0.1, 0.15) is 77.3 Å². The van der Waals surface area contributed by atoms with Crippen LogP contribution in [0.25, 0.3) is 0 Å². The third-order valence-corrected chi connectivity index (χ3v) is 9.30. The number of piperazine rings is 1. The van der Waals surface area contributed by atoms with E-state index in [0.717, 1.165) is 31.2 Å². The molecule has 0 unspecified atom stereocenters. The van der Waals surface area contributed by atoms with Crippen molar-refractivity contribution in [3.05, 3.63) is 82.9 Å². The third kappa shape index (κ3) is 6.28. The fourth-order valence-corrected chi connectivity index (χ4v) is 6.58. The van der Waals surface area contributed by atoms with Crippen LogP contribution >= 0.6 is 0 Å². The zero-order chi connectivity index (χ0) is 30.6. The van der Waals surface area contributed by atoms with E-state index in [1.807, 2.05) is 36.4 Å². The van der Waals surface area contributed by atoms with Crippen molar-refractivity contribution >= 4 is 23.5 Å². The van der Waals surface area contributed by atoms with Gasteiger partial charge in [-0.3, -0.25) is 24.1 Å². The molecular formula is C34H42N4O5. The highest BCUT2D eigenvalue weighted by molar-refractivity contribution is 6.09. The minimum absolute atomic E-state index is 0.0468. The van der Waals surface area contributed by atoms with Crippen molar-refractivity contribution in [2.75, 3.05) is 26.7 Å². The van der Waals surface area contributed by atoms with Crippen molar-refractivity contribution in [2.24, 2.45) is 5.92 Å². The van der Waals surface area contributed by atoms with Crippen molar-refractivity contribution < 1.29 is 24.3 Å². The van der Waals surface area contributed by atoms with Crippen molar-refractivity contribution in [1.82, 2.24) is 20.4 Å². The zero-order valence-electron chi connectivity index (χ0n) is 25.1. The van der Waals surface area contributed by atoms with Gasteiger partial charge in [-0.2, -0.15) is 0 Å². The maximum Gasteiger partial charge on any atom is 0.251 e. The van der Waals surface area contributed by atoms with Crippen LogP contribution in [0.3, 0.4) is 0 Å². The highest BCUT2D eigenvalue weighted by Gasteiger charge is 2.55. The van der Waals surface area contributed by atoms with Gasteiger partial charge in [-0.15, -0.1) is 0 Å². The largest absolute Gasteiger partial charge is 0.390 e. The quantitative estimate of drug-likeness (QED) is 0.291. The standard InChI is InChI=1S/C34H42N4O5/c1-3-4-19-38-32(42)28(30(40)24-7-5-6-8-24)36-33(43)34(38)17-20-37(21-18-34)22-23-9-11-25(12-10-23)29(39)26-13-15-27(16-14-26)31(41)35-2/h5-6,9-16,24,28,30,40H,3-4,7-8,17-22H2,1-2H3,(H,35,41)(H,36,43)/t28-,30-/m1/s1. The summed E-state index contributed by atoms with van der Waals surface area (Å²) in [5.41, 5.74) is 1.76. The Kier molecular flexibility index (Phi) is 9.42. The summed E-state index contributed by atoms with van der Waals surface area (Å²) in [5.74, 6) is -0.665. The monoisotopic (exact) mass is 586 g/mol. The number of nitrogens with zero attached hydrogens (tertiary/aromatic N) is 2. The molecule has 2 saturated heterocycles. The molecule has 0 radical (unpaired) electrons. The normalized spacial score (nSPS) is 21.2. The van der Waals surface area contributed by atoms with Gasteiger partial charge in [0.15, 0.2) is 5.78 Å². The first kappa shape index (κ1) is 30.6. The Morgan fingerprint density at radius 2 is 1.56 bits per heavy atom. The molecule has 9 heteroatoms. The first-order valence-corrected chi connectivity index (χ1v) is 15.4. The molecule has 228 valence electrons. The number of nitrogens with one attached hydrogen (secondary N) is 2. The van der Waals surface area contributed by atoms with Gasteiger partial charge in [0.1, 0.15) is 11.6 Å². The number of piperidine rings is 1. The Morgan fingerprint density at radius 1 is 0.977 bits per heavy atom. The summed E-state index contributed by atoms with van der Waals surface area (Å²) in [7, 11) is 1.57. The Morgan fingerprint density at radius 3 is 2.14 bits per heavy atom. The predicted molar refractivity (Wildman–Crippen MR) is 163 cm³/mol. The molecule has 5 rings (SSSR count). The van der Waals surface area contributed by atoms with Gasteiger partial charge in [-0.25, -0.2) is 0 Å². The minimum Gasteiger partial charge on any atom is -0.390 e. The fraction of sp³-hybridized carbons (Fsp3) is 0.471. The summed E-state index contributed by atoms with van der Waals surface area (Å²) in [5, 5.41) is 16.5. The van der Waals surface area contributed by atoms with Gasteiger partial charge in [0.25, 0.3) is 5.91 Å². The second-order valence-corrected chi connectivity index (χ2v) is 12.0. The second kappa shape index (κ2) is 13.2. The van der Waals surface area contributed by atoms with Crippen molar-refractivity contribution in [3.8, 4) is 0 Å². The fourth-order valence-electron chi connectivity index (χ4n) is 6.58. The molecule has 2 fully saturated rings. The average molecular weight is 587 g/mol. The summed E-state index contributed by atoms with van der Waals surface area (Å²) in [6, 6.07) is 13.2. The van der Waals surface area contributed by atoms with Crippen molar-refractivity contribution in [1.29, 1.82) is 0 Å². The molecule has 0 aromatic heterocycles.